The van der Waals surface area contributed by atoms with Crippen LogP contribution < -0.4 is 54.8 Å². The number of phenolic OH excluding ortho intramolecular Hbond substituents is 1. The van der Waals surface area contributed by atoms with E-state index in [-0.39, 0.29) is 74.8 Å². The molecule has 2 aromatic rings. The van der Waals surface area contributed by atoms with Gasteiger partial charge >= 0.3 is 5.97 Å². The fourth-order valence-electron chi connectivity index (χ4n) is 7.47. The highest BCUT2D eigenvalue weighted by molar-refractivity contribution is 8.76. The van der Waals surface area contributed by atoms with E-state index in [4.69, 9.17) is 22.9 Å². The molecule has 4 rings (SSSR count). The molecule has 0 aromatic heterocycles. The van der Waals surface area contributed by atoms with Crippen molar-refractivity contribution in [3.05, 3.63) is 65.7 Å². The molecule has 24 nitrogen and oxygen atoms in total. The van der Waals surface area contributed by atoms with Gasteiger partial charge in [-0.3, -0.25) is 48.1 Å². The Kier molecular flexibility index (Phi) is 22.0. The Labute approximate surface area is 410 Å². The third kappa shape index (κ3) is 18.4. The van der Waals surface area contributed by atoms with E-state index < -0.39 is 121 Å². The molecule has 16 N–H and O–H groups in total. The molecule has 26 heteroatoms. The molecule has 3 unspecified atom stereocenters. The summed E-state index contributed by atoms with van der Waals surface area (Å²) in [4.78, 5) is 139. The summed E-state index contributed by atoms with van der Waals surface area (Å²) >= 11 is 0. The van der Waals surface area contributed by atoms with Gasteiger partial charge in [0.25, 0.3) is 0 Å². The maximum absolute atomic E-state index is 14.4. The SMILES string of the molecule is NC(=O)CCC1NC(=O)[C@H](Cc2ccccc2)NC(=O)C(Cc2ccc(O)cc2)NC(=O)CCSSC[C@@H](C(=O)N2CCC[C@H]2C(=O)N[C@@H](CCCN=C(N)N)C(=O)O)NC(=O)C(CC(N)=O)NC1=O. The van der Waals surface area contributed by atoms with Crippen molar-refractivity contribution in [1.82, 2.24) is 36.8 Å². The van der Waals surface area contributed by atoms with Crippen LogP contribution in [0.3, 0.4) is 0 Å². The number of guanidine groups is 1. The van der Waals surface area contributed by atoms with Crippen LogP contribution in [-0.4, -0.2) is 147 Å². The van der Waals surface area contributed by atoms with Gasteiger partial charge < -0.3 is 69.9 Å². The molecule has 2 saturated heterocycles. The van der Waals surface area contributed by atoms with Crippen molar-refractivity contribution >= 4 is 86.7 Å². The zero-order chi connectivity index (χ0) is 51.3. The van der Waals surface area contributed by atoms with Gasteiger partial charge in [0.2, 0.25) is 53.2 Å². The first-order valence-corrected chi connectivity index (χ1v) is 24.8. The Hall–Kier alpha value is -7.09. The predicted molar refractivity (Wildman–Crippen MR) is 258 cm³/mol. The second-order valence-electron chi connectivity index (χ2n) is 16.5. The topological polar surface area (TPSA) is 403 Å². The summed E-state index contributed by atoms with van der Waals surface area (Å²) in [6.45, 7) is 0.141. The molecule has 70 heavy (non-hydrogen) atoms. The molecule has 9 amide bonds. The van der Waals surface area contributed by atoms with E-state index in [1.165, 1.54) is 17.0 Å². The summed E-state index contributed by atoms with van der Waals surface area (Å²) in [5.41, 5.74) is 22.8. The Morgan fingerprint density at radius 3 is 1.99 bits per heavy atom. The molecule has 0 radical (unpaired) electrons. The van der Waals surface area contributed by atoms with Crippen LogP contribution in [0.1, 0.15) is 62.5 Å². The number of nitrogens with two attached hydrogens (primary N) is 4. The zero-order valence-corrected chi connectivity index (χ0v) is 39.8. The van der Waals surface area contributed by atoms with Crippen molar-refractivity contribution in [2.45, 2.75) is 107 Å². The number of rotatable bonds is 17. The first-order chi connectivity index (χ1) is 33.3. The molecule has 2 aromatic carbocycles. The zero-order valence-electron chi connectivity index (χ0n) is 38.1. The van der Waals surface area contributed by atoms with Crippen molar-refractivity contribution in [2.75, 3.05) is 24.6 Å². The highest BCUT2D eigenvalue weighted by Crippen LogP contribution is 2.26. The quantitative estimate of drug-likeness (QED) is 0.0328. The lowest BCUT2D eigenvalue weighted by Gasteiger charge is -2.30. The molecule has 2 fully saturated rings. The molecule has 0 bridgehead atoms. The van der Waals surface area contributed by atoms with Gasteiger partial charge in [-0.15, -0.1) is 0 Å². The van der Waals surface area contributed by atoms with Crippen molar-refractivity contribution in [1.29, 1.82) is 0 Å². The lowest BCUT2D eigenvalue weighted by molar-refractivity contribution is -0.145. The number of phenols is 1. The van der Waals surface area contributed by atoms with E-state index in [1.807, 2.05) is 0 Å². The number of nitrogens with one attached hydrogen (secondary N) is 6. The van der Waals surface area contributed by atoms with Crippen LogP contribution in [0.15, 0.2) is 59.6 Å². The molecule has 2 aliphatic rings. The second kappa shape index (κ2) is 27.8. The van der Waals surface area contributed by atoms with Crippen LogP contribution in [0.2, 0.25) is 0 Å². The molecule has 380 valence electrons. The molecule has 2 aliphatic heterocycles. The van der Waals surface area contributed by atoms with Gasteiger partial charge in [-0.05, 0) is 55.4 Å². The number of hydrogen-bond donors (Lipinski definition) is 12. The lowest BCUT2D eigenvalue weighted by atomic mass is 10.0. The van der Waals surface area contributed by atoms with Gasteiger partial charge in [-0.2, -0.15) is 0 Å². The van der Waals surface area contributed by atoms with E-state index in [0.717, 1.165) is 21.6 Å². The second-order valence-corrected chi connectivity index (χ2v) is 19.1. The van der Waals surface area contributed by atoms with E-state index in [1.54, 1.807) is 42.5 Å². The summed E-state index contributed by atoms with van der Waals surface area (Å²) in [5.74, 6) is -9.43. The number of carboxylic acids is 1. The first-order valence-electron chi connectivity index (χ1n) is 22.3. The maximum atomic E-state index is 14.4. The highest BCUT2D eigenvalue weighted by Gasteiger charge is 2.40. The number of benzene rings is 2. The van der Waals surface area contributed by atoms with Gasteiger partial charge in [-0.1, -0.05) is 64.1 Å². The van der Waals surface area contributed by atoms with Crippen molar-refractivity contribution in [2.24, 2.45) is 27.9 Å². The third-order valence-electron chi connectivity index (χ3n) is 11.0. The van der Waals surface area contributed by atoms with Gasteiger partial charge in [0.05, 0.1) is 6.42 Å². The Bertz CT molecular complexity index is 2240. The summed E-state index contributed by atoms with van der Waals surface area (Å²) in [7, 11) is 2.20. The lowest BCUT2D eigenvalue weighted by Crippen LogP contribution is -2.61. The minimum absolute atomic E-state index is 0.0370. The Balaban J connectivity index is 1.68. The van der Waals surface area contributed by atoms with Crippen LogP contribution in [0.25, 0.3) is 0 Å². The minimum atomic E-state index is -1.76. The van der Waals surface area contributed by atoms with E-state index in [0.29, 0.717) is 17.5 Å². The number of aliphatic carboxylic acids is 1. The van der Waals surface area contributed by atoms with Crippen molar-refractivity contribution < 1.29 is 58.2 Å². The molecule has 0 saturated carbocycles. The standard InChI is InChI=1S/C44H60N12O12S2/c45-34(58)15-14-27-37(61)54-31(22-35(46)59)40(64)55-32(42(66)56-18-5-9-33(56)41(65)52-28(43(67)68)8-4-17-49-44(47)48)23-70-69-19-16-36(60)50-29(21-25-10-12-26(57)13-11-25)38(62)53-30(39(63)51-27)20-24-6-2-1-3-7-24/h1-3,6-7,10-13,27-33,57H,4-5,8-9,14-23H2,(H2,45,58)(H2,46,59)(H,50,60)(H,51,63)(H,52,65)(H,53,62)(H,54,61)(H,55,64)(H,67,68)(H4,47,48,49)/t27?,28-,29?,30-,31?,32-,33-/m0/s1. The summed E-state index contributed by atoms with van der Waals surface area (Å²) in [6.07, 6.45) is -1.32. The number of hydrogen-bond acceptors (Lipinski definition) is 14. The number of aromatic hydroxyl groups is 1. The van der Waals surface area contributed by atoms with Crippen LogP contribution in [0.4, 0.5) is 0 Å². The Morgan fingerprint density at radius 2 is 1.36 bits per heavy atom. The number of carboxylic acid groups (broad SMARTS) is 1. The van der Waals surface area contributed by atoms with Gasteiger partial charge in [0.1, 0.15) is 48.0 Å². The number of nitrogens with zero attached hydrogens (tertiary/aromatic N) is 2. The van der Waals surface area contributed by atoms with Crippen molar-refractivity contribution in [3.63, 3.8) is 0 Å². The highest BCUT2D eigenvalue weighted by atomic mass is 33.1. The van der Waals surface area contributed by atoms with Crippen LogP contribution in [0, 0.1) is 0 Å². The van der Waals surface area contributed by atoms with Crippen LogP contribution in [0.5, 0.6) is 5.75 Å². The van der Waals surface area contributed by atoms with E-state index >= 15 is 0 Å². The van der Waals surface area contributed by atoms with E-state index in [9.17, 15) is 58.2 Å². The Morgan fingerprint density at radius 1 is 0.757 bits per heavy atom. The number of carbonyl (C=O) groups is 10. The maximum Gasteiger partial charge on any atom is 0.326 e. The molecular weight excluding hydrogens is 953 g/mol. The first kappa shape index (κ1) is 55.5. The molecule has 2 heterocycles. The number of carbonyl (C=O) groups excluding carboxylic acids is 9. The van der Waals surface area contributed by atoms with Gasteiger partial charge in [0, 0.05) is 50.3 Å². The third-order valence-corrected chi connectivity index (χ3v) is 13.5. The molecule has 0 aliphatic carbocycles. The van der Waals surface area contributed by atoms with Crippen LogP contribution in [-0.2, 0) is 60.8 Å². The van der Waals surface area contributed by atoms with Crippen LogP contribution >= 0.6 is 21.6 Å². The summed E-state index contributed by atoms with van der Waals surface area (Å²) in [6, 6.07) is 4.49. The average molecular weight is 1010 g/mol. The molecule has 7 atom stereocenters. The molecular formula is C44H60N12O12S2. The average Bonchev–Trinajstić information content (AvgIpc) is 3.80. The molecule has 0 spiro atoms. The van der Waals surface area contributed by atoms with Gasteiger partial charge in [-0.25, -0.2) is 4.79 Å². The predicted octanol–water partition coefficient (Wildman–Crippen LogP) is -2.86. The monoisotopic (exact) mass is 1010 g/mol. The number of primary amides is 2. The van der Waals surface area contributed by atoms with Gasteiger partial charge in [0.15, 0.2) is 5.96 Å². The smallest absolute Gasteiger partial charge is 0.326 e. The normalized spacial score (nSPS) is 22.4. The fraction of sp³-hybridized carbons (Fsp3) is 0.477. The van der Waals surface area contributed by atoms with Crippen molar-refractivity contribution in [3.8, 4) is 5.75 Å². The summed E-state index contributed by atoms with van der Waals surface area (Å²) < 4.78 is 0. The minimum Gasteiger partial charge on any atom is -0.508 e. The number of amides is 9. The number of likely N-dealkylation sites (tertiary alicyclic amines) is 1. The fourth-order valence-corrected chi connectivity index (χ4v) is 9.62. The number of aliphatic imine (C=N–C) groups is 1. The largest absolute Gasteiger partial charge is 0.508 e. The summed E-state index contributed by atoms with van der Waals surface area (Å²) in [5, 5.41) is 35.1. The van der Waals surface area contributed by atoms with E-state index in [2.05, 4.69) is 36.9 Å².